The lowest BCUT2D eigenvalue weighted by molar-refractivity contribution is -0.115. The minimum absolute atomic E-state index is 0.184. The number of aliphatic imine (C=N–C) groups is 1. The summed E-state index contributed by atoms with van der Waals surface area (Å²) >= 11 is 7.46. The van der Waals surface area contributed by atoms with Crippen molar-refractivity contribution in [1.29, 1.82) is 0 Å². The normalized spacial score (nSPS) is 16.1. The lowest BCUT2D eigenvalue weighted by Crippen LogP contribution is -2.19. The number of hydrogen-bond donors (Lipinski definition) is 1. The Bertz CT molecular complexity index is 1140. The molecule has 3 aromatic rings. The van der Waals surface area contributed by atoms with Gasteiger partial charge in [0.2, 0.25) is 0 Å². The van der Waals surface area contributed by atoms with Crippen molar-refractivity contribution in [2.45, 2.75) is 13.5 Å². The quantitative estimate of drug-likeness (QED) is 0.492. The van der Waals surface area contributed by atoms with E-state index in [9.17, 15) is 4.79 Å². The van der Waals surface area contributed by atoms with Crippen LogP contribution >= 0.6 is 23.4 Å². The summed E-state index contributed by atoms with van der Waals surface area (Å²) in [5.41, 5.74) is 3.53. The first-order chi connectivity index (χ1) is 14.6. The predicted octanol–water partition coefficient (Wildman–Crippen LogP) is 6.12. The second kappa shape index (κ2) is 9.20. The molecule has 0 atom stereocenters. The Balaban J connectivity index is 1.54. The zero-order chi connectivity index (χ0) is 20.9. The maximum atomic E-state index is 12.5. The molecule has 1 aliphatic heterocycles. The fourth-order valence-electron chi connectivity index (χ4n) is 2.91. The van der Waals surface area contributed by atoms with Gasteiger partial charge in [0.25, 0.3) is 5.91 Å². The van der Waals surface area contributed by atoms with E-state index in [-0.39, 0.29) is 5.91 Å². The Morgan fingerprint density at radius 2 is 1.80 bits per heavy atom. The van der Waals surface area contributed by atoms with E-state index in [0.717, 1.165) is 28.1 Å². The van der Waals surface area contributed by atoms with Gasteiger partial charge in [-0.1, -0.05) is 66.2 Å². The third-order valence-corrected chi connectivity index (χ3v) is 5.87. The van der Waals surface area contributed by atoms with Crippen molar-refractivity contribution >= 4 is 46.2 Å². The number of nitrogens with zero attached hydrogens (tertiary/aromatic N) is 1. The number of hydrogen-bond acceptors (Lipinski definition) is 4. The molecule has 0 aromatic heterocycles. The number of carbonyl (C=O) groups excluding carboxylic acids is 1. The van der Waals surface area contributed by atoms with Gasteiger partial charge in [0.1, 0.15) is 12.4 Å². The van der Waals surface area contributed by atoms with Crippen LogP contribution in [0.3, 0.4) is 0 Å². The van der Waals surface area contributed by atoms with Crippen molar-refractivity contribution in [2.75, 3.05) is 0 Å². The lowest BCUT2D eigenvalue weighted by Gasteiger charge is -2.09. The zero-order valence-electron chi connectivity index (χ0n) is 16.3. The van der Waals surface area contributed by atoms with Crippen LogP contribution in [0.1, 0.15) is 16.7 Å². The van der Waals surface area contributed by atoms with Gasteiger partial charge in [0.15, 0.2) is 5.17 Å². The second-order valence-corrected chi connectivity index (χ2v) is 8.12. The van der Waals surface area contributed by atoms with Crippen LogP contribution in [0.5, 0.6) is 5.75 Å². The minimum Gasteiger partial charge on any atom is -0.488 e. The summed E-state index contributed by atoms with van der Waals surface area (Å²) < 4.78 is 5.99. The minimum atomic E-state index is -0.184. The molecule has 0 unspecified atom stereocenters. The smallest absolute Gasteiger partial charge is 0.264 e. The molecule has 0 saturated carbocycles. The van der Waals surface area contributed by atoms with Crippen LogP contribution < -0.4 is 10.1 Å². The molecule has 3 aromatic carbocycles. The molecule has 1 aliphatic rings. The van der Waals surface area contributed by atoms with E-state index < -0.39 is 0 Å². The summed E-state index contributed by atoms with van der Waals surface area (Å²) in [6.07, 6.45) is 1.83. The monoisotopic (exact) mass is 434 g/mol. The maximum absolute atomic E-state index is 12.5. The fraction of sp³-hybridized carbons (Fsp3) is 0.0833. The molecule has 1 saturated heterocycles. The summed E-state index contributed by atoms with van der Waals surface area (Å²) in [7, 11) is 0. The topological polar surface area (TPSA) is 50.7 Å². The molecule has 1 fully saturated rings. The summed E-state index contributed by atoms with van der Waals surface area (Å²) in [6, 6.07) is 23.2. The first-order valence-electron chi connectivity index (χ1n) is 9.40. The van der Waals surface area contributed by atoms with Gasteiger partial charge in [0.05, 0.1) is 10.6 Å². The van der Waals surface area contributed by atoms with Crippen LogP contribution in [0, 0.1) is 6.92 Å². The highest BCUT2D eigenvalue weighted by atomic mass is 35.5. The van der Waals surface area contributed by atoms with Gasteiger partial charge in [-0.05, 0) is 54.1 Å². The van der Waals surface area contributed by atoms with Crippen molar-refractivity contribution in [2.24, 2.45) is 4.99 Å². The third kappa shape index (κ3) is 4.75. The molecular formula is C24H19ClN2O2S. The molecule has 0 bridgehead atoms. The van der Waals surface area contributed by atoms with Crippen molar-refractivity contribution in [3.8, 4) is 5.75 Å². The Morgan fingerprint density at radius 1 is 1.03 bits per heavy atom. The van der Waals surface area contributed by atoms with Crippen molar-refractivity contribution in [3.63, 3.8) is 0 Å². The van der Waals surface area contributed by atoms with Crippen LogP contribution in [0.2, 0.25) is 5.02 Å². The van der Waals surface area contributed by atoms with Gasteiger partial charge in [-0.2, -0.15) is 0 Å². The Labute approximate surface area is 184 Å². The van der Waals surface area contributed by atoms with Crippen LogP contribution in [0.4, 0.5) is 5.69 Å². The van der Waals surface area contributed by atoms with Crippen molar-refractivity contribution < 1.29 is 9.53 Å². The molecule has 1 heterocycles. The Morgan fingerprint density at radius 3 is 2.63 bits per heavy atom. The molecule has 1 amide bonds. The van der Waals surface area contributed by atoms with Gasteiger partial charge in [0, 0.05) is 10.6 Å². The molecule has 150 valence electrons. The zero-order valence-corrected chi connectivity index (χ0v) is 17.8. The summed E-state index contributed by atoms with van der Waals surface area (Å²) in [5.74, 6) is 0.537. The standard InChI is InChI=1S/C24H19ClN2O2S/c1-16-19(25)11-7-12-20(16)26-24-27-23(28)22(30-24)14-18-10-5-6-13-21(18)29-15-17-8-3-2-4-9-17/h2-14H,15H2,1H3,(H,26,27,28)/b22-14+. The molecule has 0 radical (unpaired) electrons. The Kier molecular flexibility index (Phi) is 6.21. The number of nitrogens with one attached hydrogen (secondary N) is 1. The van der Waals surface area contributed by atoms with Gasteiger partial charge in [-0.25, -0.2) is 4.99 Å². The number of benzene rings is 3. The molecule has 30 heavy (non-hydrogen) atoms. The third-order valence-electron chi connectivity index (χ3n) is 4.55. The largest absolute Gasteiger partial charge is 0.488 e. The maximum Gasteiger partial charge on any atom is 0.264 e. The van der Waals surface area contributed by atoms with Crippen molar-refractivity contribution in [3.05, 3.63) is 99.4 Å². The molecular weight excluding hydrogens is 416 g/mol. The number of rotatable bonds is 5. The number of carbonyl (C=O) groups is 1. The molecule has 6 heteroatoms. The van der Waals surface area contributed by atoms with Gasteiger partial charge >= 0.3 is 0 Å². The van der Waals surface area contributed by atoms with Crippen LogP contribution in [-0.4, -0.2) is 11.1 Å². The van der Waals surface area contributed by atoms with E-state index >= 15 is 0 Å². The fourth-order valence-corrected chi connectivity index (χ4v) is 3.91. The van der Waals surface area contributed by atoms with E-state index in [1.807, 2.05) is 85.8 Å². The Hall–Kier alpha value is -3.02. The first kappa shape index (κ1) is 20.3. The molecule has 0 spiro atoms. The summed E-state index contributed by atoms with van der Waals surface area (Å²) in [4.78, 5) is 17.6. The molecule has 4 nitrogen and oxygen atoms in total. The summed E-state index contributed by atoms with van der Waals surface area (Å²) in [6.45, 7) is 2.36. The number of amides is 1. The molecule has 1 N–H and O–H groups in total. The SMILES string of the molecule is Cc1c(Cl)cccc1N=C1NC(=O)/C(=C\c2ccccc2OCc2ccccc2)S1. The summed E-state index contributed by atoms with van der Waals surface area (Å²) in [5, 5.41) is 3.99. The van der Waals surface area contributed by atoms with E-state index in [1.54, 1.807) is 0 Å². The van der Waals surface area contributed by atoms with Crippen LogP contribution in [0.15, 0.2) is 82.7 Å². The van der Waals surface area contributed by atoms with E-state index in [1.165, 1.54) is 11.8 Å². The van der Waals surface area contributed by atoms with Crippen LogP contribution in [0.25, 0.3) is 6.08 Å². The van der Waals surface area contributed by atoms with E-state index in [0.29, 0.717) is 21.7 Å². The average molecular weight is 435 g/mol. The van der Waals surface area contributed by atoms with Gasteiger partial charge in [-0.3, -0.25) is 4.79 Å². The highest BCUT2D eigenvalue weighted by molar-refractivity contribution is 8.18. The van der Waals surface area contributed by atoms with Crippen molar-refractivity contribution in [1.82, 2.24) is 5.32 Å². The number of halogens is 1. The number of thioether (sulfide) groups is 1. The number of para-hydroxylation sites is 1. The average Bonchev–Trinajstić information content (AvgIpc) is 3.10. The first-order valence-corrected chi connectivity index (χ1v) is 10.6. The number of ether oxygens (including phenoxy) is 1. The lowest BCUT2D eigenvalue weighted by atomic mass is 10.2. The highest BCUT2D eigenvalue weighted by Crippen LogP contribution is 2.32. The van der Waals surface area contributed by atoms with Gasteiger partial charge < -0.3 is 10.1 Å². The van der Waals surface area contributed by atoms with Gasteiger partial charge in [-0.15, -0.1) is 0 Å². The predicted molar refractivity (Wildman–Crippen MR) is 124 cm³/mol. The molecule has 4 rings (SSSR count). The van der Waals surface area contributed by atoms with E-state index in [4.69, 9.17) is 16.3 Å². The second-order valence-electron chi connectivity index (χ2n) is 6.68. The van der Waals surface area contributed by atoms with Crippen LogP contribution in [-0.2, 0) is 11.4 Å². The highest BCUT2D eigenvalue weighted by Gasteiger charge is 2.24. The number of amidine groups is 1. The molecule has 0 aliphatic carbocycles. The van der Waals surface area contributed by atoms with E-state index in [2.05, 4.69) is 10.3 Å².